The van der Waals surface area contributed by atoms with Crippen LogP contribution in [0, 0.1) is 0 Å². The van der Waals surface area contributed by atoms with Gasteiger partial charge in [0.15, 0.2) is 8.32 Å². The van der Waals surface area contributed by atoms with Crippen LogP contribution < -0.4 is 0 Å². The third-order valence-corrected chi connectivity index (χ3v) is 9.98. The van der Waals surface area contributed by atoms with Gasteiger partial charge in [0.25, 0.3) is 0 Å². The smallest absolute Gasteiger partial charge is 0.192 e. The molecule has 3 heteroatoms. The number of hydrogen-bond acceptors (Lipinski definition) is 1. The molecule has 1 aromatic rings. The molecule has 0 aromatic heterocycles. The van der Waals surface area contributed by atoms with Gasteiger partial charge in [-0.3, -0.25) is 0 Å². The molecule has 0 aliphatic heterocycles. The van der Waals surface area contributed by atoms with Gasteiger partial charge in [0.2, 0.25) is 0 Å². The van der Waals surface area contributed by atoms with Gasteiger partial charge >= 0.3 is 0 Å². The predicted molar refractivity (Wildman–Crippen MR) is 105 cm³/mol. The second-order valence-electron chi connectivity index (χ2n) is 7.35. The summed E-state index contributed by atoms with van der Waals surface area (Å²) >= 11 is 3.49. The van der Waals surface area contributed by atoms with Crippen molar-refractivity contribution in [1.82, 2.24) is 0 Å². The van der Waals surface area contributed by atoms with Crippen LogP contribution in [0.15, 0.2) is 24.3 Å². The monoisotopic (exact) mass is 384 g/mol. The lowest BCUT2D eigenvalue weighted by molar-refractivity contribution is 0.284. The average Bonchev–Trinajstić information content (AvgIpc) is 2.46. The summed E-state index contributed by atoms with van der Waals surface area (Å²) in [5.41, 5.74) is 2.82. The standard InChI is InChI=1S/C19H33BrOSi/c1-6-14-19(2,3)22(4,5)21-16-13-18-11-9-17(10-12-18)8-7-15-20/h9-12H,6-8,13-16H2,1-5H3. The van der Waals surface area contributed by atoms with E-state index in [2.05, 4.69) is 74.1 Å². The lowest BCUT2D eigenvalue weighted by atomic mass is 10.1. The van der Waals surface area contributed by atoms with Gasteiger partial charge in [0.05, 0.1) is 0 Å². The van der Waals surface area contributed by atoms with Crippen molar-refractivity contribution < 1.29 is 4.43 Å². The van der Waals surface area contributed by atoms with Crippen LogP contribution in [0.4, 0.5) is 0 Å². The second-order valence-corrected chi connectivity index (χ2v) is 12.8. The lowest BCUT2D eigenvalue weighted by Gasteiger charge is -2.39. The zero-order chi connectivity index (χ0) is 16.6. The molecule has 0 saturated carbocycles. The molecule has 126 valence electrons. The molecular weight excluding hydrogens is 352 g/mol. The van der Waals surface area contributed by atoms with E-state index in [4.69, 9.17) is 4.43 Å². The van der Waals surface area contributed by atoms with Crippen molar-refractivity contribution in [3.63, 3.8) is 0 Å². The fraction of sp³-hybridized carbons (Fsp3) is 0.684. The molecule has 0 radical (unpaired) electrons. The number of rotatable bonds is 10. The highest BCUT2D eigenvalue weighted by Gasteiger charge is 2.39. The SMILES string of the molecule is CCCC(C)(C)[Si](C)(C)OCCc1ccc(CCCBr)cc1. The molecular formula is C19H33BrOSi. The maximum absolute atomic E-state index is 6.38. The Kier molecular flexibility index (Phi) is 8.37. The first-order valence-corrected chi connectivity index (χ1v) is 12.6. The number of alkyl halides is 1. The largest absolute Gasteiger partial charge is 0.416 e. The van der Waals surface area contributed by atoms with E-state index in [1.165, 1.54) is 30.4 Å². The minimum absolute atomic E-state index is 0.348. The number of hydrogen-bond donors (Lipinski definition) is 0. The summed E-state index contributed by atoms with van der Waals surface area (Å²) in [6.45, 7) is 12.6. The van der Waals surface area contributed by atoms with Crippen LogP contribution in [0.3, 0.4) is 0 Å². The van der Waals surface area contributed by atoms with Gasteiger partial charge in [0.1, 0.15) is 0 Å². The Balaban J connectivity index is 2.46. The summed E-state index contributed by atoms with van der Waals surface area (Å²) in [5, 5.41) is 1.43. The molecule has 0 unspecified atom stereocenters. The molecule has 0 N–H and O–H groups in total. The molecule has 0 aliphatic carbocycles. The van der Waals surface area contributed by atoms with Crippen molar-refractivity contribution in [2.45, 2.75) is 71.0 Å². The molecule has 22 heavy (non-hydrogen) atoms. The van der Waals surface area contributed by atoms with Gasteiger partial charge in [-0.25, -0.2) is 0 Å². The highest BCUT2D eigenvalue weighted by molar-refractivity contribution is 9.09. The topological polar surface area (TPSA) is 9.23 Å². The highest BCUT2D eigenvalue weighted by Crippen LogP contribution is 2.41. The summed E-state index contributed by atoms with van der Waals surface area (Å²) in [6.07, 6.45) is 5.89. The molecule has 1 nitrogen and oxygen atoms in total. The summed E-state index contributed by atoms with van der Waals surface area (Å²) in [5.74, 6) is 0. The third-order valence-electron chi connectivity index (χ3n) is 4.98. The molecule has 0 amide bonds. The Labute approximate surface area is 147 Å². The molecule has 1 rings (SSSR count). The molecule has 0 aliphatic rings. The first kappa shape index (κ1) is 19.9. The van der Waals surface area contributed by atoms with Gasteiger partial charge in [-0.2, -0.15) is 0 Å². The van der Waals surface area contributed by atoms with E-state index in [0.29, 0.717) is 5.04 Å². The van der Waals surface area contributed by atoms with Crippen LogP contribution in [-0.4, -0.2) is 20.3 Å². The number of aryl methyl sites for hydroxylation is 1. The summed E-state index contributed by atoms with van der Waals surface area (Å²) < 4.78 is 6.38. The van der Waals surface area contributed by atoms with Crippen LogP contribution in [0.25, 0.3) is 0 Å². The molecule has 0 fully saturated rings. The van der Waals surface area contributed by atoms with E-state index in [1.807, 2.05) is 0 Å². The summed E-state index contributed by atoms with van der Waals surface area (Å²) in [7, 11) is -1.64. The molecule has 0 heterocycles. The Morgan fingerprint density at radius 1 is 1.05 bits per heavy atom. The quantitative estimate of drug-likeness (QED) is 0.336. The van der Waals surface area contributed by atoms with Crippen LogP contribution in [-0.2, 0) is 17.3 Å². The van der Waals surface area contributed by atoms with Crippen LogP contribution in [0.5, 0.6) is 0 Å². The summed E-state index contributed by atoms with van der Waals surface area (Å²) in [6, 6.07) is 9.06. The maximum atomic E-state index is 6.38. The molecule has 0 spiro atoms. The van der Waals surface area contributed by atoms with E-state index in [9.17, 15) is 0 Å². The van der Waals surface area contributed by atoms with Crippen LogP contribution in [0.2, 0.25) is 18.1 Å². The predicted octanol–water partition coefficient (Wildman–Crippen LogP) is 6.36. The molecule has 0 atom stereocenters. The Bertz CT molecular complexity index is 426. The Morgan fingerprint density at radius 3 is 2.09 bits per heavy atom. The van der Waals surface area contributed by atoms with E-state index in [-0.39, 0.29) is 0 Å². The zero-order valence-corrected chi connectivity index (χ0v) is 17.6. The van der Waals surface area contributed by atoms with E-state index in [1.54, 1.807) is 0 Å². The number of halogens is 1. The average molecular weight is 385 g/mol. The van der Waals surface area contributed by atoms with Gasteiger partial charge in [-0.05, 0) is 54.9 Å². The first-order chi connectivity index (χ1) is 10.3. The van der Waals surface area contributed by atoms with Crippen molar-refractivity contribution in [3.8, 4) is 0 Å². The molecule has 1 aromatic carbocycles. The van der Waals surface area contributed by atoms with E-state index < -0.39 is 8.32 Å². The van der Waals surface area contributed by atoms with E-state index >= 15 is 0 Å². The molecule has 0 saturated heterocycles. The van der Waals surface area contributed by atoms with Gasteiger partial charge in [-0.15, -0.1) is 0 Å². The fourth-order valence-electron chi connectivity index (χ4n) is 2.69. The third kappa shape index (κ3) is 6.17. The van der Waals surface area contributed by atoms with Crippen molar-refractivity contribution in [2.75, 3.05) is 11.9 Å². The van der Waals surface area contributed by atoms with Crippen molar-refractivity contribution in [1.29, 1.82) is 0 Å². The van der Waals surface area contributed by atoms with Gasteiger partial charge < -0.3 is 4.43 Å². The van der Waals surface area contributed by atoms with Crippen molar-refractivity contribution in [2.24, 2.45) is 0 Å². The second kappa shape index (κ2) is 9.24. The lowest BCUT2D eigenvalue weighted by Crippen LogP contribution is -2.42. The Hall–Kier alpha value is -0.123. The van der Waals surface area contributed by atoms with E-state index in [0.717, 1.165) is 24.8 Å². The van der Waals surface area contributed by atoms with Crippen molar-refractivity contribution >= 4 is 24.2 Å². The van der Waals surface area contributed by atoms with Gasteiger partial charge in [-0.1, -0.05) is 67.4 Å². The van der Waals surface area contributed by atoms with Crippen LogP contribution >= 0.6 is 15.9 Å². The number of benzene rings is 1. The Morgan fingerprint density at radius 2 is 1.59 bits per heavy atom. The fourth-order valence-corrected chi connectivity index (χ4v) is 4.82. The van der Waals surface area contributed by atoms with Crippen molar-refractivity contribution in [3.05, 3.63) is 35.4 Å². The van der Waals surface area contributed by atoms with Crippen LogP contribution in [0.1, 0.15) is 51.2 Å². The minimum atomic E-state index is -1.64. The van der Waals surface area contributed by atoms with Gasteiger partial charge in [0, 0.05) is 11.9 Å². The maximum Gasteiger partial charge on any atom is 0.192 e. The molecule has 0 bridgehead atoms. The highest BCUT2D eigenvalue weighted by atomic mass is 79.9. The minimum Gasteiger partial charge on any atom is -0.416 e. The summed E-state index contributed by atoms with van der Waals surface area (Å²) in [4.78, 5) is 0. The normalized spacial score (nSPS) is 12.6. The first-order valence-electron chi connectivity index (χ1n) is 8.60. The zero-order valence-electron chi connectivity index (χ0n) is 15.0.